The second-order valence-corrected chi connectivity index (χ2v) is 5.04. The van der Waals surface area contributed by atoms with Gasteiger partial charge in [0.1, 0.15) is 18.0 Å². The van der Waals surface area contributed by atoms with Crippen LogP contribution in [0.15, 0.2) is 23.1 Å². The van der Waals surface area contributed by atoms with E-state index in [9.17, 15) is 9.59 Å². The number of nitrogens with one attached hydrogen (secondary N) is 2. The molecule has 7 heteroatoms. The number of aromatic nitrogens is 3. The van der Waals surface area contributed by atoms with E-state index < -0.39 is 0 Å². The predicted octanol–water partition coefficient (Wildman–Crippen LogP) is 0.765. The summed E-state index contributed by atoms with van der Waals surface area (Å²) < 4.78 is 7.06. The van der Waals surface area contributed by atoms with Crippen molar-refractivity contribution < 1.29 is 9.53 Å². The molecular formula is C15H20N4O3. The fourth-order valence-corrected chi connectivity index (χ4v) is 2.19. The third kappa shape index (κ3) is 3.62. The number of H-pyrrole nitrogens is 1. The Morgan fingerprint density at radius 2 is 2.18 bits per heavy atom. The van der Waals surface area contributed by atoms with Crippen LogP contribution in [-0.2, 0) is 17.9 Å². The number of aromatic amines is 1. The average molecular weight is 304 g/mol. The number of nitrogens with zero attached hydrogens (tertiary/aromatic N) is 2. The van der Waals surface area contributed by atoms with E-state index in [4.69, 9.17) is 4.74 Å². The Morgan fingerprint density at radius 3 is 2.86 bits per heavy atom. The minimum Gasteiger partial charge on any atom is -0.377 e. The molecule has 0 aliphatic heterocycles. The highest BCUT2D eigenvalue weighted by Crippen LogP contribution is 2.05. The first-order chi connectivity index (χ1) is 10.5. The molecule has 0 aliphatic carbocycles. The van der Waals surface area contributed by atoms with Crippen LogP contribution in [0.4, 0.5) is 0 Å². The maximum absolute atomic E-state index is 12.0. The van der Waals surface area contributed by atoms with Gasteiger partial charge in [-0.2, -0.15) is 0 Å². The first-order valence-electron chi connectivity index (χ1n) is 7.01. The molecular weight excluding hydrogens is 284 g/mol. The molecule has 0 saturated heterocycles. The van der Waals surface area contributed by atoms with Crippen LogP contribution in [0.3, 0.4) is 0 Å². The van der Waals surface area contributed by atoms with Crippen LogP contribution in [0.2, 0.25) is 0 Å². The maximum atomic E-state index is 12.0. The fourth-order valence-electron chi connectivity index (χ4n) is 2.19. The van der Waals surface area contributed by atoms with E-state index in [0.717, 1.165) is 17.2 Å². The molecule has 7 nitrogen and oxygen atoms in total. The van der Waals surface area contributed by atoms with Crippen LogP contribution in [0, 0.1) is 13.8 Å². The van der Waals surface area contributed by atoms with E-state index in [1.807, 2.05) is 11.5 Å². The van der Waals surface area contributed by atoms with Crippen LogP contribution in [-0.4, -0.2) is 34.1 Å². The van der Waals surface area contributed by atoms with Crippen molar-refractivity contribution in [2.24, 2.45) is 0 Å². The second-order valence-electron chi connectivity index (χ2n) is 5.04. The predicted molar refractivity (Wildman–Crippen MR) is 81.8 cm³/mol. The van der Waals surface area contributed by atoms with E-state index >= 15 is 0 Å². The highest BCUT2D eigenvalue weighted by Gasteiger charge is 2.11. The maximum Gasteiger partial charge on any atom is 0.260 e. The quantitative estimate of drug-likeness (QED) is 0.825. The molecule has 118 valence electrons. The molecule has 2 heterocycles. The lowest BCUT2D eigenvalue weighted by Gasteiger charge is -2.10. The Kier molecular flexibility index (Phi) is 5.11. The smallest absolute Gasteiger partial charge is 0.260 e. The number of methoxy groups -OCH3 is 1. The lowest BCUT2D eigenvalue weighted by atomic mass is 10.2. The third-order valence-corrected chi connectivity index (χ3v) is 3.33. The van der Waals surface area contributed by atoms with Gasteiger partial charge < -0.3 is 19.6 Å². The van der Waals surface area contributed by atoms with Gasteiger partial charge in [0.2, 0.25) is 0 Å². The minimum atomic E-state index is -0.382. The van der Waals surface area contributed by atoms with Gasteiger partial charge in [-0.1, -0.05) is 0 Å². The topological polar surface area (TPSA) is 89.0 Å². The molecule has 0 aromatic carbocycles. The first kappa shape index (κ1) is 16.0. The summed E-state index contributed by atoms with van der Waals surface area (Å²) in [6.45, 7) is 5.10. The van der Waals surface area contributed by atoms with Crippen LogP contribution < -0.4 is 10.9 Å². The molecule has 1 amide bonds. The van der Waals surface area contributed by atoms with Crippen LogP contribution in [0.5, 0.6) is 0 Å². The molecule has 2 aromatic rings. The zero-order chi connectivity index (χ0) is 16.1. The molecule has 0 unspecified atom stereocenters. The van der Waals surface area contributed by atoms with E-state index in [1.165, 1.54) is 6.07 Å². The lowest BCUT2D eigenvalue weighted by molar-refractivity contribution is 0.0950. The van der Waals surface area contributed by atoms with Gasteiger partial charge in [-0.3, -0.25) is 9.59 Å². The highest BCUT2D eigenvalue weighted by molar-refractivity contribution is 5.93. The van der Waals surface area contributed by atoms with Crippen molar-refractivity contribution in [2.45, 2.75) is 27.0 Å². The van der Waals surface area contributed by atoms with Crippen LogP contribution in [0.25, 0.3) is 0 Å². The summed E-state index contributed by atoms with van der Waals surface area (Å²) in [6, 6.07) is 3.23. The summed E-state index contributed by atoms with van der Waals surface area (Å²) in [7, 11) is 1.61. The van der Waals surface area contributed by atoms with E-state index in [-0.39, 0.29) is 17.0 Å². The van der Waals surface area contributed by atoms with E-state index in [0.29, 0.717) is 19.7 Å². The number of carbonyl (C=O) groups excluding carboxylic acids is 1. The van der Waals surface area contributed by atoms with Crippen molar-refractivity contribution in [1.29, 1.82) is 0 Å². The normalized spacial score (nSPS) is 10.7. The van der Waals surface area contributed by atoms with Crippen molar-refractivity contribution in [3.05, 3.63) is 51.5 Å². The second kappa shape index (κ2) is 7.04. The third-order valence-electron chi connectivity index (χ3n) is 3.33. The zero-order valence-corrected chi connectivity index (χ0v) is 13.0. The van der Waals surface area contributed by atoms with E-state index in [2.05, 4.69) is 15.3 Å². The number of pyridine rings is 1. The minimum absolute atomic E-state index is 0.116. The fraction of sp³-hybridized carbons (Fsp3) is 0.400. The molecule has 2 rings (SSSR count). The van der Waals surface area contributed by atoms with Crippen molar-refractivity contribution in [3.8, 4) is 0 Å². The van der Waals surface area contributed by atoms with Gasteiger partial charge in [-0.05, 0) is 26.0 Å². The molecule has 2 aromatic heterocycles. The standard InChI is InChI=1S/C15H20N4O3/c1-10-4-5-12(15(21)18-10)14(20)16-6-7-19-11(2)8-17-13(19)9-22-3/h4-5,8H,6-7,9H2,1-3H3,(H,16,20)(H,18,21). The Morgan fingerprint density at radius 1 is 1.41 bits per heavy atom. The molecule has 2 N–H and O–H groups in total. The van der Waals surface area contributed by atoms with Gasteiger partial charge in [-0.25, -0.2) is 4.98 Å². The summed E-state index contributed by atoms with van der Waals surface area (Å²) in [5.74, 6) is 0.426. The molecule has 0 radical (unpaired) electrons. The Labute approximate surface area is 128 Å². The van der Waals surface area contributed by atoms with Crippen molar-refractivity contribution in [3.63, 3.8) is 0 Å². The Hall–Kier alpha value is -2.41. The number of hydrogen-bond acceptors (Lipinski definition) is 4. The number of aryl methyl sites for hydroxylation is 2. The average Bonchev–Trinajstić information content (AvgIpc) is 2.80. The molecule has 0 bridgehead atoms. The summed E-state index contributed by atoms with van der Waals surface area (Å²) in [5.41, 5.74) is 1.45. The van der Waals surface area contributed by atoms with Gasteiger partial charge in [0.05, 0.1) is 0 Å². The molecule has 0 saturated carbocycles. The molecule has 22 heavy (non-hydrogen) atoms. The van der Waals surface area contributed by atoms with Crippen molar-refractivity contribution in [1.82, 2.24) is 19.9 Å². The van der Waals surface area contributed by atoms with Gasteiger partial charge in [0.15, 0.2) is 0 Å². The van der Waals surface area contributed by atoms with Crippen molar-refractivity contribution >= 4 is 5.91 Å². The highest BCUT2D eigenvalue weighted by atomic mass is 16.5. The number of ether oxygens (including phenoxy) is 1. The van der Waals surface area contributed by atoms with Crippen LogP contribution in [0.1, 0.15) is 27.6 Å². The number of carbonyl (C=O) groups is 1. The largest absolute Gasteiger partial charge is 0.377 e. The lowest BCUT2D eigenvalue weighted by Crippen LogP contribution is -2.32. The van der Waals surface area contributed by atoms with E-state index in [1.54, 1.807) is 26.3 Å². The Balaban J connectivity index is 1.98. The molecule has 0 aliphatic rings. The van der Waals surface area contributed by atoms with Gasteiger partial charge in [0.25, 0.3) is 11.5 Å². The van der Waals surface area contributed by atoms with Crippen molar-refractivity contribution in [2.75, 3.05) is 13.7 Å². The number of hydrogen-bond donors (Lipinski definition) is 2. The number of rotatable bonds is 6. The molecule has 0 atom stereocenters. The summed E-state index contributed by atoms with van der Waals surface area (Å²) in [5, 5.41) is 2.75. The van der Waals surface area contributed by atoms with Gasteiger partial charge in [0, 0.05) is 37.8 Å². The number of imidazole rings is 1. The summed E-state index contributed by atoms with van der Waals surface area (Å²) in [4.78, 5) is 30.6. The monoisotopic (exact) mass is 304 g/mol. The zero-order valence-electron chi connectivity index (χ0n) is 13.0. The Bertz CT molecular complexity index is 718. The van der Waals surface area contributed by atoms with Gasteiger partial charge in [-0.15, -0.1) is 0 Å². The SMILES string of the molecule is COCc1ncc(C)n1CCNC(=O)c1ccc(C)[nH]c1=O. The first-order valence-corrected chi connectivity index (χ1v) is 7.01. The summed E-state index contributed by atoms with van der Waals surface area (Å²) in [6.07, 6.45) is 1.76. The summed E-state index contributed by atoms with van der Waals surface area (Å²) >= 11 is 0. The number of amides is 1. The van der Waals surface area contributed by atoms with Gasteiger partial charge >= 0.3 is 0 Å². The molecule has 0 spiro atoms. The van der Waals surface area contributed by atoms with Crippen LogP contribution >= 0.6 is 0 Å². The molecule has 0 fully saturated rings.